The Hall–Kier alpha value is -1.87. The summed E-state index contributed by atoms with van der Waals surface area (Å²) in [5, 5.41) is 9.99. The minimum Gasteiger partial charge on any atom is -0.481 e. The molecular weight excluding hydrogens is 262 g/mol. The summed E-state index contributed by atoms with van der Waals surface area (Å²) in [7, 11) is 0. The Morgan fingerprint density at radius 1 is 1.26 bits per heavy atom. The van der Waals surface area contributed by atoms with Crippen LogP contribution in [0.2, 0.25) is 5.02 Å². The number of hydrogen-bond donors (Lipinski definition) is 1. The molecule has 0 saturated carbocycles. The number of aliphatic carboxylic acids is 1. The Morgan fingerprint density at radius 3 is 2.47 bits per heavy atom. The molecule has 1 atom stereocenters. The zero-order valence-corrected chi connectivity index (χ0v) is 11.3. The van der Waals surface area contributed by atoms with Gasteiger partial charge in [0.05, 0.1) is 5.69 Å². The SMILES string of the molecule is Cc1ccc(C(Cc2ccc(Cl)cc2)C(=O)O)nc1. The minimum atomic E-state index is -0.869. The topological polar surface area (TPSA) is 50.2 Å². The van der Waals surface area contributed by atoms with E-state index in [1.54, 1.807) is 24.4 Å². The standard InChI is InChI=1S/C15H14ClNO2/c1-10-2-7-14(17-9-10)13(15(18)19)8-11-3-5-12(16)6-4-11/h2-7,9,13H,8H2,1H3,(H,18,19). The Kier molecular flexibility index (Phi) is 4.17. The number of aromatic nitrogens is 1. The highest BCUT2D eigenvalue weighted by atomic mass is 35.5. The lowest BCUT2D eigenvalue weighted by Gasteiger charge is -2.12. The van der Waals surface area contributed by atoms with Gasteiger partial charge >= 0.3 is 5.97 Å². The van der Waals surface area contributed by atoms with E-state index in [-0.39, 0.29) is 0 Å². The van der Waals surface area contributed by atoms with Crippen LogP contribution in [-0.4, -0.2) is 16.1 Å². The molecule has 1 aromatic heterocycles. The van der Waals surface area contributed by atoms with E-state index in [2.05, 4.69) is 4.98 Å². The van der Waals surface area contributed by atoms with Crippen molar-refractivity contribution in [1.29, 1.82) is 0 Å². The normalized spacial score (nSPS) is 12.1. The van der Waals surface area contributed by atoms with Gasteiger partial charge in [-0.1, -0.05) is 29.8 Å². The molecule has 19 heavy (non-hydrogen) atoms. The predicted molar refractivity (Wildman–Crippen MR) is 74.5 cm³/mol. The summed E-state index contributed by atoms with van der Waals surface area (Å²) in [6.07, 6.45) is 2.09. The quantitative estimate of drug-likeness (QED) is 0.930. The maximum absolute atomic E-state index is 11.4. The number of carboxylic acid groups (broad SMARTS) is 1. The van der Waals surface area contributed by atoms with E-state index in [9.17, 15) is 9.90 Å². The first kappa shape index (κ1) is 13.6. The number of aryl methyl sites for hydroxylation is 1. The molecule has 0 aliphatic carbocycles. The van der Waals surface area contributed by atoms with Gasteiger partial charge in [0.1, 0.15) is 5.92 Å². The molecule has 0 aliphatic rings. The molecule has 1 heterocycles. The van der Waals surface area contributed by atoms with Crippen LogP contribution >= 0.6 is 11.6 Å². The van der Waals surface area contributed by atoms with Crippen LogP contribution in [0, 0.1) is 6.92 Å². The monoisotopic (exact) mass is 275 g/mol. The Labute approximate surface area is 116 Å². The molecule has 1 aromatic carbocycles. The second kappa shape index (κ2) is 5.85. The summed E-state index contributed by atoms with van der Waals surface area (Å²) < 4.78 is 0. The second-order valence-electron chi connectivity index (χ2n) is 4.48. The first-order valence-corrected chi connectivity index (χ1v) is 6.34. The lowest BCUT2D eigenvalue weighted by Crippen LogP contribution is -2.15. The summed E-state index contributed by atoms with van der Waals surface area (Å²) in [4.78, 5) is 15.6. The maximum Gasteiger partial charge on any atom is 0.312 e. The van der Waals surface area contributed by atoms with Crippen molar-refractivity contribution in [3.63, 3.8) is 0 Å². The lowest BCUT2D eigenvalue weighted by molar-refractivity contribution is -0.138. The molecule has 0 spiro atoms. The molecule has 0 radical (unpaired) electrons. The zero-order chi connectivity index (χ0) is 13.8. The highest BCUT2D eigenvalue weighted by molar-refractivity contribution is 6.30. The van der Waals surface area contributed by atoms with Crippen molar-refractivity contribution in [2.45, 2.75) is 19.3 Å². The smallest absolute Gasteiger partial charge is 0.312 e. The van der Waals surface area contributed by atoms with Gasteiger partial charge in [0.25, 0.3) is 0 Å². The van der Waals surface area contributed by atoms with Gasteiger partial charge in [-0.3, -0.25) is 9.78 Å². The van der Waals surface area contributed by atoms with Crippen LogP contribution in [-0.2, 0) is 11.2 Å². The Balaban J connectivity index is 2.23. The fourth-order valence-corrected chi connectivity index (χ4v) is 1.99. The number of benzene rings is 1. The van der Waals surface area contributed by atoms with Crippen molar-refractivity contribution < 1.29 is 9.90 Å². The van der Waals surface area contributed by atoms with Crippen molar-refractivity contribution in [1.82, 2.24) is 4.98 Å². The van der Waals surface area contributed by atoms with Crippen LogP contribution in [0.4, 0.5) is 0 Å². The molecule has 1 N–H and O–H groups in total. The van der Waals surface area contributed by atoms with Gasteiger partial charge in [-0.25, -0.2) is 0 Å². The molecular formula is C15H14ClNO2. The Bertz CT molecular complexity index is 564. The number of hydrogen-bond acceptors (Lipinski definition) is 2. The van der Waals surface area contributed by atoms with Crippen LogP contribution in [0.1, 0.15) is 22.7 Å². The summed E-state index contributed by atoms with van der Waals surface area (Å²) in [5.74, 6) is -1.51. The fraction of sp³-hybridized carbons (Fsp3) is 0.200. The van der Waals surface area contributed by atoms with Gasteiger partial charge < -0.3 is 5.11 Å². The van der Waals surface area contributed by atoms with Crippen LogP contribution < -0.4 is 0 Å². The van der Waals surface area contributed by atoms with E-state index in [1.165, 1.54) is 0 Å². The molecule has 98 valence electrons. The third-order valence-electron chi connectivity index (χ3n) is 2.94. The van der Waals surface area contributed by atoms with Gasteiger partial charge in [-0.05, 0) is 42.7 Å². The van der Waals surface area contributed by atoms with Crippen molar-refractivity contribution in [3.05, 3.63) is 64.4 Å². The molecule has 4 heteroatoms. The molecule has 0 bridgehead atoms. The van der Waals surface area contributed by atoms with Crippen LogP contribution in [0.25, 0.3) is 0 Å². The average Bonchev–Trinajstić information content (AvgIpc) is 2.39. The first-order valence-electron chi connectivity index (χ1n) is 5.96. The van der Waals surface area contributed by atoms with Crippen LogP contribution in [0.5, 0.6) is 0 Å². The maximum atomic E-state index is 11.4. The van der Waals surface area contributed by atoms with Gasteiger partial charge in [0, 0.05) is 11.2 Å². The number of nitrogens with zero attached hydrogens (tertiary/aromatic N) is 1. The molecule has 1 unspecified atom stereocenters. The largest absolute Gasteiger partial charge is 0.481 e. The van der Waals surface area contributed by atoms with Crippen LogP contribution in [0.3, 0.4) is 0 Å². The zero-order valence-electron chi connectivity index (χ0n) is 10.5. The fourth-order valence-electron chi connectivity index (χ4n) is 1.86. The van der Waals surface area contributed by atoms with E-state index in [0.29, 0.717) is 17.1 Å². The number of halogens is 1. The second-order valence-corrected chi connectivity index (χ2v) is 4.92. The van der Waals surface area contributed by atoms with E-state index in [1.807, 2.05) is 25.1 Å². The summed E-state index contributed by atoms with van der Waals surface area (Å²) in [6.45, 7) is 1.92. The van der Waals surface area contributed by atoms with E-state index >= 15 is 0 Å². The van der Waals surface area contributed by atoms with Gasteiger partial charge in [0.15, 0.2) is 0 Å². The van der Waals surface area contributed by atoms with E-state index in [4.69, 9.17) is 11.6 Å². The third-order valence-corrected chi connectivity index (χ3v) is 3.19. The lowest BCUT2D eigenvalue weighted by atomic mass is 9.95. The Morgan fingerprint density at radius 2 is 1.95 bits per heavy atom. The van der Waals surface area contributed by atoms with E-state index in [0.717, 1.165) is 11.1 Å². The van der Waals surface area contributed by atoms with Crippen molar-refractivity contribution >= 4 is 17.6 Å². The molecule has 3 nitrogen and oxygen atoms in total. The van der Waals surface area contributed by atoms with Crippen LogP contribution in [0.15, 0.2) is 42.6 Å². The van der Waals surface area contributed by atoms with Crippen molar-refractivity contribution in [2.75, 3.05) is 0 Å². The summed E-state index contributed by atoms with van der Waals surface area (Å²) in [6, 6.07) is 10.8. The van der Waals surface area contributed by atoms with E-state index < -0.39 is 11.9 Å². The molecule has 2 aromatic rings. The van der Waals surface area contributed by atoms with Gasteiger partial charge in [-0.15, -0.1) is 0 Å². The average molecular weight is 276 g/mol. The highest BCUT2D eigenvalue weighted by Gasteiger charge is 2.21. The first-order chi connectivity index (χ1) is 9.06. The van der Waals surface area contributed by atoms with Crippen molar-refractivity contribution in [3.8, 4) is 0 Å². The minimum absolute atomic E-state index is 0.405. The number of rotatable bonds is 4. The number of carbonyl (C=O) groups is 1. The number of carboxylic acids is 1. The molecule has 0 amide bonds. The van der Waals surface area contributed by atoms with Gasteiger partial charge in [0.2, 0.25) is 0 Å². The molecule has 0 aliphatic heterocycles. The molecule has 2 rings (SSSR count). The summed E-state index contributed by atoms with van der Waals surface area (Å²) >= 11 is 5.82. The number of pyridine rings is 1. The van der Waals surface area contributed by atoms with Gasteiger partial charge in [-0.2, -0.15) is 0 Å². The summed E-state index contributed by atoms with van der Waals surface area (Å²) in [5.41, 5.74) is 2.52. The molecule has 0 fully saturated rings. The molecule has 0 saturated heterocycles. The predicted octanol–water partition coefficient (Wildman–Crippen LogP) is 3.45. The third kappa shape index (κ3) is 3.55. The highest BCUT2D eigenvalue weighted by Crippen LogP contribution is 2.21. The van der Waals surface area contributed by atoms with Crippen molar-refractivity contribution in [2.24, 2.45) is 0 Å².